The van der Waals surface area contributed by atoms with Crippen molar-refractivity contribution in [3.8, 4) is 0 Å². The van der Waals surface area contributed by atoms with Crippen molar-refractivity contribution in [1.82, 2.24) is 0 Å². The van der Waals surface area contributed by atoms with Crippen LogP contribution in [0.5, 0.6) is 0 Å². The maximum atomic E-state index is 10.5. The van der Waals surface area contributed by atoms with Crippen molar-refractivity contribution in [1.29, 1.82) is 0 Å². The van der Waals surface area contributed by atoms with Gasteiger partial charge in [-0.1, -0.05) is 73.5 Å². The van der Waals surface area contributed by atoms with Gasteiger partial charge in [-0.2, -0.15) is 0 Å². The Bertz CT molecular complexity index is 671. The van der Waals surface area contributed by atoms with Crippen LogP contribution in [-0.4, -0.2) is 30.4 Å². The molecular weight excluding hydrogens is 334 g/mol. The Morgan fingerprint density at radius 2 is 1.67 bits per heavy atom. The number of benzene rings is 2. The molecule has 3 rings (SSSR count). The van der Waals surface area contributed by atoms with Crippen molar-refractivity contribution < 1.29 is 15.2 Å². The third-order valence-corrected chi connectivity index (χ3v) is 5.83. The first-order chi connectivity index (χ1) is 13.1. The molecule has 0 amide bonds. The molecule has 0 spiro atoms. The highest BCUT2D eigenvalue weighted by molar-refractivity contribution is 5.31. The fourth-order valence-electron chi connectivity index (χ4n) is 4.06. The number of nitrogens with two attached hydrogens (primary N) is 1. The summed E-state index contributed by atoms with van der Waals surface area (Å²) in [6.45, 7) is 5.50. The molecule has 1 saturated carbocycles. The van der Waals surface area contributed by atoms with Crippen molar-refractivity contribution in [2.45, 2.75) is 57.8 Å². The zero-order chi connectivity index (χ0) is 19.1. The van der Waals surface area contributed by atoms with Gasteiger partial charge in [0.25, 0.3) is 0 Å². The van der Waals surface area contributed by atoms with Gasteiger partial charge in [-0.05, 0) is 37.3 Å². The number of rotatable bonds is 8. The molecule has 4 atom stereocenters. The molecule has 0 aliphatic heterocycles. The first kappa shape index (κ1) is 20.1. The van der Waals surface area contributed by atoms with Crippen LogP contribution in [0.3, 0.4) is 0 Å². The molecule has 0 radical (unpaired) electrons. The van der Waals surface area contributed by atoms with Gasteiger partial charge in [0.2, 0.25) is 0 Å². The van der Waals surface area contributed by atoms with E-state index < -0.39 is 6.10 Å². The van der Waals surface area contributed by atoms with E-state index in [-0.39, 0.29) is 6.10 Å². The summed E-state index contributed by atoms with van der Waals surface area (Å²) < 4.78 is 6.21. The highest BCUT2D eigenvalue weighted by Crippen LogP contribution is 2.26. The molecule has 2 aromatic carbocycles. The van der Waals surface area contributed by atoms with Crippen molar-refractivity contribution in [2.75, 3.05) is 13.2 Å². The van der Waals surface area contributed by atoms with E-state index in [4.69, 9.17) is 4.74 Å². The molecule has 0 unspecified atom stereocenters. The smallest absolute Gasteiger partial charge is 0.126 e. The number of aliphatic hydroxyl groups excluding tert-OH is 1. The number of ether oxygens (including phenoxy) is 1. The Labute approximate surface area is 163 Å². The summed E-state index contributed by atoms with van der Waals surface area (Å²) in [5, 5.41) is 12.8. The third kappa shape index (κ3) is 5.90. The molecule has 1 aliphatic carbocycles. The van der Waals surface area contributed by atoms with Gasteiger partial charge in [0, 0.05) is 5.92 Å². The maximum Gasteiger partial charge on any atom is 0.126 e. The van der Waals surface area contributed by atoms with Gasteiger partial charge in [0.1, 0.15) is 18.8 Å². The summed E-state index contributed by atoms with van der Waals surface area (Å²) in [7, 11) is 0. The Balaban J connectivity index is 1.58. The minimum Gasteiger partial charge on any atom is -0.385 e. The number of hydrogen-bond acceptors (Lipinski definition) is 2. The first-order valence-corrected chi connectivity index (χ1v) is 10.4. The molecule has 2 aromatic rings. The lowest BCUT2D eigenvalue weighted by Gasteiger charge is -2.27. The fourth-order valence-corrected chi connectivity index (χ4v) is 4.06. The second-order valence-corrected chi connectivity index (χ2v) is 8.09. The minimum absolute atomic E-state index is 0.143. The van der Waals surface area contributed by atoms with Crippen LogP contribution in [0, 0.1) is 12.8 Å². The molecule has 1 aliphatic rings. The summed E-state index contributed by atoms with van der Waals surface area (Å²) in [6.07, 6.45) is 4.67. The van der Waals surface area contributed by atoms with Crippen molar-refractivity contribution in [3.05, 3.63) is 71.3 Å². The lowest BCUT2D eigenvalue weighted by atomic mass is 9.86. The van der Waals surface area contributed by atoms with Crippen molar-refractivity contribution in [3.63, 3.8) is 0 Å². The number of aliphatic hydroxyl groups is 1. The first-order valence-electron chi connectivity index (χ1n) is 10.4. The summed E-state index contributed by atoms with van der Waals surface area (Å²) in [4.78, 5) is 0. The van der Waals surface area contributed by atoms with Gasteiger partial charge in [0.15, 0.2) is 0 Å². The monoisotopic (exact) mass is 368 g/mol. The van der Waals surface area contributed by atoms with Crippen LogP contribution in [0.4, 0.5) is 0 Å². The molecule has 1 fully saturated rings. The minimum atomic E-state index is -0.448. The highest BCUT2D eigenvalue weighted by Gasteiger charge is 2.25. The van der Waals surface area contributed by atoms with Gasteiger partial charge in [-0.25, -0.2) is 0 Å². The quantitative estimate of drug-likeness (QED) is 0.748. The zero-order valence-corrected chi connectivity index (χ0v) is 16.7. The van der Waals surface area contributed by atoms with Gasteiger partial charge in [-0.15, -0.1) is 0 Å². The molecule has 3 N–H and O–H groups in total. The van der Waals surface area contributed by atoms with Crippen molar-refractivity contribution in [2.24, 2.45) is 5.92 Å². The Morgan fingerprint density at radius 1 is 1.00 bits per heavy atom. The molecule has 0 heterocycles. The normalized spacial score (nSPS) is 22.3. The van der Waals surface area contributed by atoms with Crippen LogP contribution in [-0.2, 0) is 4.74 Å². The van der Waals surface area contributed by atoms with E-state index in [1.54, 1.807) is 0 Å². The number of aryl methyl sites for hydroxylation is 1. The number of quaternary nitrogens is 1. The summed E-state index contributed by atoms with van der Waals surface area (Å²) in [5.74, 6) is 0.747. The maximum absolute atomic E-state index is 10.5. The summed E-state index contributed by atoms with van der Waals surface area (Å²) >= 11 is 0. The van der Waals surface area contributed by atoms with E-state index in [0.717, 1.165) is 17.0 Å². The van der Waals surface area contributed by atoms with Gasteiger partial charge < -0.3 is 15.2 Å². The van der Waals surface area contributed by atoms with E-state index >= 15 is 0 Å². The fraction of sp³-hybridized carbons (Fsp3) is 0.500. The second-order valence-electron chi connectivity index (χ2n) is 8.09. The summed E-state index contributed by atoms with van der Waals surface area (Å²) in [6, 6.07) is 19.4. The van der Waals surface area contributed by atoms with Crippen LogP contribution in [0.1, 0.15) is 55.4 Å². The SMILES string of the molecule is Cc1ccc([C@@H](OC[C@H](O)C[NH2+][C@@H]2CCCC[C@H]2C)c2ccccc2)cc1. The van der Waals surface area contributed by atoms with Crippen LogP contribution in [0.2, 0.25) is 0 Å². The Morgan fingerprint density at radius 3 is 2.37 bits per heavy atom. The average Bonchev–Trinajstić information content (AvgIpc) is 2.69. The summed E-state index contributed by atoms with van der Waals surface area (Å²) in [5.41, 5.74) is 3.49. The molecule has 3 nitrogen and oxygen atoms in total. The van der Waals surface area contributed by atoms with E-state index in [1.165, 1.54) is 31.2 Å². The second kappa shape index (κ2) is 10.0. The largest absolute Gasteiger partial charge is 0.385 e. The molecule has 3 heteroatoms. The van der Waals surface area contributed by atoms with Crippen LogP contribution >= 0.6 is 0 Å². The lowest BCUT2D eigenvalue weighted by Crippen LogP contribution is -2.93. The average molecular weight is 369 g/mol. The van der Waals surface area contributed by atoms with Gasteiger partial charge in [0.05, 0.1) is 12.6 Å². The molecule has 146 valence electrons. The molecule has 27 heavy (non-hydrogen) atoms. The molecular formula is C24H34NO2+. The topological polar surface area (TPSA) is 46.1 Å². The van der Waals surface area contributed by atoms with Crippen LogP contribution < -0.4 is 5.32 Å². The molecule has 0 saturated heterocycles. The molecule has 0 aromatic heterocycles. The van der Waals surface area contributed by atoms with E-state index in [0.29, 0.717) is 19.2 Å². The lowest BCUT2D eigenvalue weighted by molar-refractivity contribution is -0.703. The van der Waals surface area contributed by atoms with E-state index in [9.17, 15) is 5.11 Å². The van der Waals surface area contributed by atoms with Gasteiger partial charge in [-0.3, -0.25) is 0 Å². The van der Waals surface area contributed by atoms with E-state index in [2.05, 4.69) is 55.6 Å². The Hall–Kier alpha value is -1.68. The third-order valence-electron chi connectivity index (χ3n) is 5.83. The zero-order valence-electron chi connectivity index (χ0n) is 16.7. The van der Waals surface area contributed by atoms with Gasteiger partial charge >= 0.3 is 0 Å². The predicted octanol–water partition coefficient (Wildman–Crippen LogP) is 3.60. The predicted molar refractivity (Wildman–Crippen MR) is 110 cm³/mol. The van der Waals surface area contributed by atoms with E-state index in [1.807, 2.05) is 18.2 Å². The number of hydrogen-bond donors (Lipinski definition) is 2. The van der Waals surface area contributed by atoms with Crippen molar-refractivity contribution >= 4 is 0 Å². The Kier molecular flexibility index (Phi) is 7.45. The van der Waals surface area contributed by atoms with Crippen LogP contribution in [0.15, 0.2) is 54.6 Å². The standard InChI is InChI=1S/C24H33NO2/c1-18-12-14-21(15-13-18)24(20-9-4-3-5-10-20)27-17-22(26)16-25-23-11-7-6-8-19(23)2/h3-5,9-10,12-15,19,22-26H,6-8,11,16-17H2,1-2H3/p+1/t19-,22-,23-,24+/m1/s1. The molecule has 0 bridgehead atoms. The highest BCUT2D eigenvalue weighted by atomic mass is 16.5. The van der Waals surface area contributed by atoms with Crippen LogP contribution in [0.25, 0.3) is 0 Å².